The van der Waals surface area contributed by atoms with Gasteiger partial charge in [0.2, 0.25) is 6.29 Å². The Labute approximate surface area is 430 Å². The lowest BCUT2D eigenvalue weighted by molar-refractivity contribution is -0.375. The van der Waals surface area contributed by atoms with Crippen LogP contribution >= 0.6 is 0 Å². The molecule has 28 atom stereocenters. The lowest BCUT2D eigenvalue weighted by Crippen LogP contribution is -2.67. The van der Waals surface area contributed by atoms with Crippen molar-refractivity contribution in [3.05, 3.63) is 23.3 Å². The molecule has 0 bridgehead atoms. The lowest BCUT2D eigenvalue weighted by Gasteiger charge is -2.71. The molecule has 0 aromatic carbocycles. The fourth-order valence-electron chi connectivity index (χ4n) is 15.6. The van der Waals surface area contributed by atoms with E-state index in [1.807, 2.05) is 6.92 Å². The van der Waals surface area contributed by atoms with Crippen molar-refractivity contribution in [2.45, 2.75) is 229 Å². The fourth-order valence-corrected chi connectivity index (χ4v) is 15.6. The summed E-state index contributed by atoms with van der Waals surface area (Å²) in [6, 6.07) is 0. The molecule has 9 rings (SSSR count). The third kappa shape index (κ3) is 9.09. The zero-order valence-corrected chi connectivity index (χ0v) is 43.3. The Morgan fingerprint density at radius 2 is 1.34 bits per heavy atom. The average molecular weight is 1060 g/mol. The SMILES string of the molecule is CC1=CC2C3=CCC4C5(C)CC(O)C(O)C(C)(C)C5CCC4(C)C3(C)CCC2(C(=O)OC2OC(COC3OC(CO)C(OC4OC(C)C(O)C(OC5OCC(O)C(O)C5O)C4O)C(O)C3O)C(O)C(O)C2O)CC1. The van der Waals surface area contributed by atoms with E-state index in [-0.39, 0.29) is 34.0 Å². The van der Waals surface area contributed by atoms with Crippen LogP contribution in [-0.2, 0) is 42.7 Å². The van der Waals surface area contributed by atoms with E-state index < -0.39 is 166 Å². The second-order valence-electron chi connectivity index (χ2n) is 24.6. The molecule has 7 fully saturated rings. The van der Waals surface area contributed by atoms with Crippen LogP contribution in [0.3, 0.4) is 0 Å². The highest BCUT2D eigenvalue weighted by Gasteiger charge is 2.70. The number of carbonyl (C=O) groups is 1. The Kier molecular flexibility index (Phi) is 15.9. The van der Waals surface area contributed by atoms with Gasteiger partial charge < -0.3 is 104 Å². The largest absolute Gasteiger partial charge is 0.432 e. The molecular formula is C52H82O22. The first kappa shape index (κ1) is 56.9. The minimum absolute atomic E-state index is 0.201. The Balaban J connectivity index is 0.864. The second kappa shape index (κ2) is 20.7. The van der Waals surface area contributed by atoms with E-state index in [4.69, 9.17) is 37.9 Å². The van der Waals surface area contributed by atoms with Crippen LogP contribution in [0, 0.1) is 44.8 Å². The number of hydrogen-bond donors (Lipinski definition) is 13. The van der Waals surface area contributed by atoms with Crippen molar-refractivity contribution in [2.75, 3.05) is 19.8 Å². The van der Waals surface area contributed by atoms with Gasteiger partial charge in [-0.15, -0.1) is 0 Å². The zero-order valence-electron chi connectivity index (χ0n) is 43.3. The maximum Gasteiger partial charge on any atom is 0.315 e. The summed E-state index contributed by atoms with van der Waals surface area (Å²) in [5.74, 6) is -0.577. The molecule has 4 heterocycles. The van der Waals surface area contributed by atoms with Crippen molar-refractivity contribution >= 4 is 5.97 Å². The highest BCUT2D eigenvalue weighted by molar-refractivity contribution is 5.79. The maximum atomic E-state index is 14.9. The van der Waals surface area contributed by atoms with Gasteiger partial charge in [-0.1, -0.05) is 57.9 Å². The molecule has 22 nitrogen and oxygen atoms in total. The quantitative estimate of drug-likeness (QED) is 0.0842. The van der Waals surface area contributed by atoms with Gasteiger partial charge in [-0.3, -0.25) is 4.79 Å². The molecule has 4 saturated heterocycles. The van der Waals surface area contributed by atoms with Crippen LogP contribution in [0.5, 0.6) is 0 Å². The Hall–Kier alpha value is -1.85. The van der Waals surface area contributed by atoms with Gasteiger partial charge in [-0.2, -0.15) is 0 Å². The summed E-state index contributed by atoms with van der Waals surface area (Å²) < 4.78 is 46.1. The number of rotatable bonds is 10. The van der Waals surface area contributed by atoms with Gasteiger partial charge >= 0.3 is 5.97 Å². The first-order chi connectivity index (χ1) is 34.7. The summed E-state index contributed by atoms with van der Waals surface area (Å²) in [5, 5.41) is 141. The molecule has 3 saturated carbocycles. The second-order valence-corrected chi connectivity index (χ2v) is 24.6. The number of aliphatic hydroxyl groups is 13. The Morgan fingerprint density at radius 1 is 0.676 bits per heavy atom. The molecule has 0 radical (unpaired) electrons. The number of esters is 1. The molecule has 28 unspecified atom stereocenters. The molecule has 422 valence electrons. The molecule has 0 aromatic rings. The molecule has 0 aromatic heterocycles. The van der Waals surface area contributed by atoms with Crippen molar-refractivity contribution in [1.82, 2.24) is 0 Å². The van der Waals surface area contributed by atoms with E-state index in [2.05, 4.69) is 46.8 Å². The summed E-state index contributed by atoms with van der Waals surface area (Å²) in [6.07, 6.45) is -23.7. The summed E-state index contributed by atoms with van der Waals surface area (Å²) in [7, 11) is 0. The Bertz CT molecular complexity index is 2090. The topological polar surface area (TPSA) is 354 Å². The van der Waals surface area contributed by atoms with Crippen molar-refractivity contribution in [2.24, 2.45) is 44.8 Å². The molecule has 0 amide bonds. The number of allylic oxidation sites excluding steroid dienone is 4. The minimum Gasteiger partial charge on any atom is -0.432 e. The molecule has 0 spiro atoms. The average Bonchev–Trinajstić information content (AvgIpc) is 3.37. The molecule has 74 heavy (non-hydrogen) atoms. The lowest BCUT2D eigenvalue weighted by atomic mass is 9.34. The molecule has 9 aliphatic rings. The fraction of sp³-hybridized carbons (Fsp3) is 0.904. The smallest absolute Gasteiger partial charge is 0.315 e. The summed E-state index contributed by atoms with van der Waals surface area (Å²) in [4.78, 5) is 14.9. The molecule has 4 aliphatic heterocycles. The standard InChI is InChI=1S/C52H82O22/c1-21-10-13-52(15-14-50(6)23(24(52)16-21)8-9-30-49(5)17-25(54)42(65)48(3,4)29(49)11-12-51(30,50)7)47(66)74-45-37(62)34(59)33(58)28(71-45)20-68-43-38(63)35(60)40(27(18-53)70-43)72-46-39(64)41(31(56)22(2)69-46)73-44-36(61)32(57)26(55)19-67-44/h8,16,22,24-46,53-65H,9-15,17-20H2,1-7H3. The van der Waals surface area contributed by atoms with Gasteiger partial charge in [0.1, 0.15) is 85.5 Å². The first-order valence-electron chi connectivity index (χ1n) is 26.5. The van der Waals surface area contributed by atoms with E-state index in [9.17, 15) is 71.2 Å². The van der Waals surface area contributed by atoms with Crippen LogP contribution < -0.4 is 0 Å². The van der Waals surface area contributed by atoms with Crippen LogP contribution in [0.15, 0.2) is 23.3 Å². The number of carbonyl (C=O) groups excluding carboxylic acids is 1. The van der Waals surface area contributed by atoms with Crippen molar-refractivity contribution in [3.8, 4) is 0 Å². The van der Waals surface area contributed by atoms with Gasteiger partial charge in [-0.25, -0.2) is 0 Å². The van der Waals surface area contributed by atoms with E-state index in [1.54, 1.807) is 0 Å². The number of fused-ring (bicyclic) bond motifs is 7. The van der Waals surface area contributed by atoms with Crippen LogP contribution in [0.2, 0.25) is 0 Å². The molecule has 22 heteroatoms. The third-order valence-electron chi connectivity index (χ3n) is 20.2. The van der Waals surface area contributed by atoms with Gasteiger partial charge in [-0.05, 0) is 98.7 Å². The van der Waals surface area contributed by atoms with Crippen LogP contribution in [0.25, 0.3) is 0 Å². The van der Waals surface area contributed by atoms with E-state index in [0.29, 0.717) is 32.1 Å². The normalized spacial score (nSPS) is 54.3. The molecule has 13 N–H and O–H groups in total. The van der Waals surface area contributed by atoms with Crippen LogP contribution in [0.4, 0.5) is 0 Å². The number of hydrogen-bond acceptors (Lipinski definition) is 22. The molecule has 5 aliphatic carbocycles. The third-order valence-corrected chi connectivity index (χ3v) is 20.2. The van der Waals surface area contributed by atoms with E-state index in [1.165, 1.54) is 6.92 Å². The van der Waals surface area contributed by atoms with Crippen molar-refractivity contribution in [1.29, 1.82) is 0 Å². The maximum absolute atomic E-state index is 14.9. The van der Waals surface area contributed by atoms with Crippen molar-refractivity contribution in [3.63, 3.8) is 0 Å². The first-order valence-corrected chi connectivity index (χ1v) is 26.5. The molecular weight excluding hydrogens is 977 g/mol. The summed E-state index contributed by atoms with van der Waals surface area (Å²) in [5.41, 5.74) is -0.0250. The number of aliphatic hydroxyl groups excluding tert-OH is 13. The van der Waals surface area contributed by atoms with Crippen molar-refractivity contribution < 1.29 is 109 Å². The van der Waals surface area contributed by atoms with Crippen LogP contribution in [0.1, 0.15) is 99.8 Å². The summed E-state index contributed by atoms with van der Waals surface area (Å²) >= 11 is 0. The van der Waals surface area contributed by atoms with Gasteiger partial charge in [0.15, 0.2) is 18.9 Å². The van der Waals surface area contributed by atoms with E-state index >= 15 is 0 Å². The monoisotopic (exact) mass is 1060 g/mol. The predicted molar refractivity (Wildman–Crippen MR) is 252 cm³/mol. The van der Waals surface area contributed by atoms with E-state index in [0.717, 1.165) is 30.4 Å². The van der Waals surface area contributed by atoms with Gasteiger partial charge in [0.25, 0.3) is 0 Å². The highest BCUT2D eigenvalue weighted by Crippen LogP contribution is 2.75. The van der Waals surface area contributed by atoms with Gasteiger partial charge in [0, 0.05) is 5.92 Å². The Morgan fingerprint density at radius 3 is 2.04 bits per heavy atom. The van der Waals surface area contributed by atoms with Gasteiger partial charge in [0.05, 0.1) is 43.5 Å². The van der Waals surface area contributed by atoms with Crippen LogP contribution in [-0.4, -0.2) is 221 Å². The zero-order chi connectivity index (χ0) is 53.9. The highest BCUT2D eigenvalue weighted by atomic mass is 16.8. The summed E-state index contributed by atoms with van der Waals surface area (Å²) in [6.45, 7) is 12.7. The predicted octanol–water partition coefficient (Wildman–Crippen LogP) is -1.87. The minimum atomic E-state index is -1.93. The number of ether oxygens (including phenoxy) is 8.